The van der Waals surface area contributed by atoms with Crippen molar-refractivity contribution in [2.24, 2.45) is 0 Å². The van der Waals surface area contributed by atoms with Gasteiger partial charge in [0.25, 0.3) is 0 Å². The molecule has 0 aromatic carbocycles. The van der Waals surface area contributed by atoms with E-state index in [1.165, 1.54) is 24.3 Å². The van der Waals surface area contributed by atoms with Crippen LogP contribution in [0.15, 0.2) is 31.0 Å². The second-order valence-corrected chi connectivity index (χ2v) is 6.92. The molecule has 2 rings (SSSR count). The van der Waals surface area contributed by atoms with Gasteiger partial charge in [0.2, 0.25) is 5.91 Å². The van der Waals surface area contributed by atoms with Gasteiger partial charge in [0.05, 0.1) is 0 Å². The van der Waals surface area contributed by atoms with Crippen molar-refractivity contribution in [3.63, 3.8) is 0 Å². The summed E-state index contributed by atoms with van der Waals surface area (Å²) in [6.45, 7) is 1.57. The summed E-state index contributed by atoms with van der Waals surface area (Å²) in [5.41, 5.74) is 0.757. The minimum atomic E-state index is -3.39. The summed E-state index contributed by atoms with van der Waals surface area (Å²) in [5, 5.41) is 5.44. The van der Waals surface area contributed by atoms with Gasteiger partial charge in [-0.3, -0.25) is 4.79 Å². The predicted octanol–water partition coefficient (Wildman–Crippen LogP) is -0.288. The maximum absolute atomic E-state index is 11.7. The van der Waals surface area contributed by atoms with Crippen molar-refractivity contribution in [3.05, 3.63) is 36.5 Å². The Morgan fingerprint density at radius 1 is 1.43 bits per heavy atom. The van der Waals surface area contributed by atoms with Crippen LogP contribution < -0.4 is 5.32 Å². The molecule has 2 aromatic heterocycles. The summed E-state index contributed by atoms with van der Waals surface area (Å²) >= 11 is 0. The van der Waals surface area contributed by atoms with E-state index >= 15 is 0 Å². The first kappa shape index (κ1) is 15.1. The molecule has 0 radical (unpaired) electrons. The molecule has 0 fully saturated rings. The van der Waals surface area contributed by atoms with E-state index in [1.54, 1.807) is 18.3 Å². The molecule has 1 N–H and O–H groups in total. The number of carbonyl (C=O) groups is 1. The average Bonchev–Trinajstić information content (AvgIpc) is 2.97. The van der Waals surface area contributed by atoms with Gasteiger partial charge in [-0.1, -0.05) is 6.07 Å². The molecule has 1 amide bonds. The van der Waals surface area contributed by atoms with Gasteiger partial charge in [-0.25, -0.2) is 23.1 Å². The van der Waals surface area contributed by atoms with Crippen molar-refractivity contribution in [3.8, 4) is 5.82 Å². The molecule has 112 valence electrons. The lowest BCUT2D eigenvalue weighted by Crippen LogP contribution is -2.37. The van der Waals surface area contributed by atoms with Crippen molar-refractivity contribution in [1.82, 2.24) is 25.1 Å². The minimum absolute atomic E-state index is 0.212. The smallest absolute Gasteiger partial charge is 0.238 e. The van der Waals surface area contributed by atoms with Crippen LogP contribution in [0.2, 0.25) is 0 Å². The van der Waals surface area contributed by atoms with E-state index in [0.29, 0.717) is 5.82 Å². The van der Waals surface area contributed by atoms with Gasteiger partial charge in [-0.15, -0.1) is 0 Å². The number of sulfone groups is 1. The molecule has 21 heavy (non-hydrogen) atoms. The van der Waals surface area contributed by atoms with Crippen LogP contribution in [0.5, 0.6) is 0 Å². The van der Waals surface area contributed by atoms with Gasteiger partial charge in [-0.05, 0) is 18.6 Å². The molecule has 0 saturated carbocycles. The van der Waals surface area contributed by atoms with E-state index in [2.05, 4.69) is 20.4 Å². The first-order chi connectivity index (χ1) is 9.88. The third kappa shape index (κ3) is 3.85. The number of hydrogen-bond acceptors (Lipinski definition) is 6. The molecular formula is C12H15N5O3S. The number of nitrogens with one attached hydrogen (secondary N) is 1. The summed E-state index contributed by atoms with van der Waals surface area (Å²) in [5.74, 6) is 0.0740. The highest BCUT2D eigenvalue weighted by Crippen LogP contribution is 2.04. The van der Waals surface area contributed by atoms with Crippen LogP contribution in [0.1, 0.15) is 12.5 Å². The number of amides is 1. The summed E-state index contributed by atoms with van der Waals surface area (Å²) in [6.07, 6.45) is 5.55. The molecule has 0 bridgehead atoms. The predicted molar refractivity (Wildman–Crippen MR) is 75.3 cm³/mol. The van der Waals surface area contributed by atoms with E-state index in [9.17, 15) is 13.2 Å². The van der Waals surface area contributed by atoms with Crippen molar-refractivity contribution in [1.29, 1.82) is 0 Å². The highest BCUT2D eigenvalue weighted by Gasteiger charge is 2.22. The van der Waals surface area contributed by atoms with E-state index in [1.807, 2.05) is 0 Å². The summed E-state index contributed by atoms with van der Waals surface area (Å²) in [4.78, 5) is 19.7. The standard InChI is InChI=1S/C12H15N5O3S/c1-9(21(2,19)20)12(18)15-6-10-3-4-11(14-5-10)17-8-13-7-16-17/h3-5,7-9H,6H2,1-2H3,(H,15,18)/t9-/m0/s1. The number of hydrogen-bond donors (Lipinski definition) is 1. The number of aromatic nitrogens is 4. The van der Waals surface area contributed by atoms with Crippen molar-refractivity contribution < 1.29 is 13.2 Å². The van der Waals surface area contributed by atoms with E-state index in [0.717, 1.165) is 11.8 Å². The van der Waals surface area contributed by atoms with Crippen molar-refractivity contribution in [2.45, 2.75) is 18.7 Å². The Morgan fingerprint density at radius 3 is 2.71 bits per heavy atom. The van der Waals surface area contributed by atoms with Crippen LogP contribution >= 0.6 is 0 Å². The topological polar surface area (TPSA) is 107 Å². The molecule has 2 heterocycles. The zero-order valence-corrected chi connectivity index (χ0v) is 12.4. The largest absolute Gasteiger partial charge is 0.351 e. The van der Waals surface area contributed by atoms with Crippen LogP contribution in [0, 0.1) is 0 Å². The van der Waals surface area contributed by atoms with Gasteiger partial charge in [0.15, 0.2) is 15.7 Å². The highest BCUT2D eigenvalue weighted by molar-refractivity contribution is 7.92. The number of rotatable bonds is 5. The van der Waals surface area contributed by atoms with E-state index < -0.39 is 21.0 Å². The Bertz CT molecular complexity index is 710. The fourth-order valence-electron chi connectivity index (χ4n) is 1.51. The Balaban J connectivity index is 1.97. The molecule has 0 unspecified atom stereocenters. The van der Waals surface area contributed by atoms with Gasteiger partial charge < -0.3 is 5.32 Å². The average molecular weight is 309 g/mol. The molecular weight excluding hydrogens is 294 g/mol. The lowest BCUT2D eigenvalue weighted by atomic mass is 10.2. The summed E-state index contributed by atoms with van der Waals surface area (Å²) in [7, 11) is -3.39. The molecule has 0 saturated heterocycles. The normalized spacial score (nSPS) is 12.9. The number of nitrogens with zero attached hydrogens (tertiary/aromatic N) is 4. The van der Waals surface area contributed by atoms with Crippen molar-refractivity contribution in [2.75, 3.05) is 6.26 Å². The van der Waals surface area contributed by atoms with Crippen LogP contribution in [0.4, 0.5) is 0 Å². The quantitative estimate of drug-likeness (QED) is 0.813. The zero-order chi connectivity index (χ0) is 15.5. The lowest BCUT2D eigenvalue weighted by molar-refractivity contribution is -0.120. The van der Waals surface area contributed by atoms with Gasteiger partial charge >= 0.3 is 0 Å². The number of carbonyl (C=O) groups excluding carboxylic acids is 1. The lowest BCUT2D eigenvalue weighted by Gasteiger charge is -2.10. The zero-order valence-electron chi connectivity index (χ0n) is 11.6. The highest BCUT2D eigenvalue weighted by atomic mass is 32.2. The van der Waals surface area contributed by atoms with Crippen LogP contribution in [0.3, 0.4) is 0 Å². The summed E-state index contributed by atoms with van der Waals surface area (Å²) < 4.78 is 24.1. The Labute approximate surface area is 122 Å². The minimum Gasteiger partial charge on any atom is -0.351 e. The fourth-order valence-corrected chi connectivity index (χ4v) is 1.98. The van der Waals surface area contributed by atoms with Crippen LogP contribution in [-0.2, 0) is 21.2 Å². The van der Waals surface area contributed by atoms with Gasteiger partial charge in [0.1, 0.15) is 17.9 Å². The molecule has 0 aliphatic heterocycles. The maximum Gasteiger partial charge on any atom is 0.238 e. The van der Waals surface area contributed by atoms with Crippen molar-refractivity contribution >= 4 is 15.7 Å². The second-order valence-electron chi connectivity index (χ2n) is 4.55. The monoisotopic (exact) mass is 309 g/mol. The fraction of sp³-hybridized carbons (Fsp3) is 0.333. The molecule has 0 aliphatic rings. The SMILES string of the molecule is C[C@@H](C(=O)NCc1ccc(-n2cncn2)nc1)S(C)(=O)=O. The third-order valence-electron chi connectivity index (χ3n) is 2.94. The molecule has 8 nitrogen and oxygen atoms in total. The number of pyridine rings is 1. The third-order valence-corrected chi connectivity index (χ3v) is 4.44. The Morgan fingerprint density at radius 2 is 2.19 bits per heavy atom. The van der Waals surface area contributed by atoms with E-state index in [-0.39, 0.29) is 6.54 Å². The Kier molecular flexibility index (Phi) is 4.32. The molecule has 0 spiro atoms. The molecule has 9 heteroatoms. The maximum atomic E-state index is 11.7. The first-order valence-electron chi connectivity index (χ1n) is 6.14. The Hall–Kier alpha value is -2.29. The molecule has 0 aliphatic carbocycles. The molecule has 2 aromatic rings. The van der Waals surface area contributed by atoms with Gasteiger partial charge in [0, 0.05) is 19.0 Å². The first-order valence-corrected chi connectivity index (χ1v) is 8.10. The summed E-state index contributed by atoms with van der Waals surface area (Å²) in [6, 6.07) is 3.51. The van der Waals surface area contributed by atoms with E-state index in [4.69, 9.17) is 0 Å². The van der Waals surface area contributed by atoms with Gasteiger partial charge in [-0.2, -0.15) is 5.10 Å². The molecule has 1 atom stereocenters. The van der Waals surface area contributed by atoms with Crippen LogP contribution in [0.25, 0.3) is 5.82 Å². The second kappa shape index (κ2) is 6.00. The van der Waals surface area contributed by atoms with Crippen LogP contribution in [-0.4, -0.2) is 45.6 Å².